The van der Waals surface area contributed by atoms with Gasteiger partial charge in [-0.05, 0) is 49.8 Å². The first-order valence-corrected chi connectivity index (χ1v) is 6.74. The van der Waals surface area contributed by atoms with Crippen molar-refractivity contribution < 1.29 is 0 Å². The van der Waals surface area contributed by atoms with Gasteiger partial charge in [-0.15, -0.1) is 0 Å². The van der Waals surface area contributed by atoms with Crippen LogP contribution in [0.4, 0.5) is 0 Å². The molecule has 2 heteroatoms. The van der Waals surface area contributed by atoms with Crippen LogP contribution in [0.15, 0.2) is 18.2 Å². The van der Waals surface area contributed by atoms with E-state index in [2.05, 4.69) is 42.7 Å². The summed E-state index contributed by atoms with van der Waals surface area (Å²) in [6.45, 7) is 6.62. The Morgan fingerprint density at radius 2 is 2.00 bits per heavy atom. The van der Waals surface area contributed by atoms with Crippen molar-refractivity contribution in [1.29, 1.82) is 0 Å². The highest BCUT2D eigenvalue weighted by molar-refractivity contribution is 5.37. The van der Waals surface area contributed by atoms with Gasteiger partial charge in [-0.25, -0.2) is 0 Å². The molecule has 0 amide bonds. The van der Waals surface area contributed by atoms with Crippen LogP contribution in [-0.2, 0) is 12.8 Å². The minimum Gasteiger partial charge on any atom is -0.313 e. The summed E-state index contributed by atoms with van der Waals surface area (Å²) in [6, 6.07) is 7.53. The van der Waals surface area contributed by atoms with Gasteiger partial charge in [0.25, 0.3) is 0 Å². The fourth-order valence-electron chi connectivity index (χ4n) is 3.11. The second-order valence-electron chi connectivity index (χ2n) is 6.09. The van der Waals surface area contributed by atoms with Crippen LogP contribution >= 0.6 is 0 Å². The van der Waals surface area contributed by atoms with E-state index in [4.69, 9.17) is 0 Å². The number of benzene rings is 1. The molecule has 2 aliphatic rings. The summed E-state index contributed by atoms with van der Waals surface area (Å²) >= 11 is 0. The summed E-state index contributed by atoms with van der Waals surface area (Å²) in [6.07, 6.45) is 3.88. The quantitative estimate of drug-likeness (QED) is 0.773. The van der Waals surface area contributed by atoms with Gasteiger partial charge in [0.15, 0.2) is 0 Å². The van der Waals surface area contributed by atoms with Crippen LogP contribution in [-0.4, -0.2) is 18.6 Å². The highest BCUT2D eigenvalue weighted by Gasteiger charge is 2.27. The molecule has 92 valence electrons. The summed E-state index contributed by atoms with van der Waals surface area (Å²) in [7, 11) is 0. The van der Waals surface area contributed by atoms with E-state index in [0.717, 1.165) is 13.1 Å². The molecule has 1 aliphatic heterocycles. The first kappa shape index (κ1) is 11.2. The van der Waals surface area contributed by atoms with Crippen LogP contribution in [0.25, 0.3) is 0 Å². The highest BCUT2D eigenvalue weighted by Crippen LogP contribution is 2.27. The van der Waals surface area contributed by atoms with Crippen LogP contribution in [0.2, 0.25) is 0 Å². The van der Waals surface area contributed by atoms with Crippen LogP contribution in [0, 0.1) is 0 Å². The Morgan fingerprint density at radius 1 is 1.18 bits per heavy atom. The number of aryl methyl sites for hydroxylation is 2. The lowest BCUT2D eigenvalue weighted by Gasteiger charge is -2.38. The van der Waals surface area contributed by atoms with Crippen LogP contribution < -0.4 is 10.6 Å². The van der Waals surface area contributed by atoms with Gasteiger partial charge in [0.2, 0.25) is 0 Å². The average Bonchev–Trinajstić information content (AvgIpc) is 2.74. The maximum absolute atomic E-state index is 3.74. The third-order valence-corrected chi connectivity index (χ3v) is 4.01. The van der Waals surface area contributed by atoms with Crippen molar-refractivity contribution in [3.05, 3.63) is 34.9 Å². The fourth-order valence-corrected chi connectivity index (χ4v) is 3.11. The first-order valence-electron chi connectivity index (χ1n) is 6.74. The molecule has 1 atom stereocenters. The van der Waals surface area contributed by atoms with E-state index in [9.17, 15) is 0 Å². The predicted molar refractivity (Wildman–Crippen MR) is 71.3 cm³/mol. The summed E-state index contributed by atoms with van der Waals surface area (Å²) in [5.41, 5.74) is 4.79. The molecule has 0 spiro atoms. The molecule has 0 aromatic heterocycles. The highest BCUT2D eigenvalue weighted by atomic mass is 15.1. The molecular formula is C15H22N2. The molecule has 1 fully saturated rings. The van der Waals surface area contributed by atoms with Gasteiger partial charge in [-0.1, -0.05) is 18.2 Å². The normalized spacial score (nSPS) is 26.8. The van der Waals surface area contributed by atoms with Gasteiger partial charge in [0.05, 0.1) is 0 Å². The zero-order valence-electron chi connectivity index (χ0n) is 10.8. The topological polar surface area (TPSA) is 24.1 Å². The molecule has 1 heterocycles. The van der Waals surface area contributed by atoms with E-state index in [-0.39, 0.29) is 5.54 Å². The van der Waals surface area contributed by atoms with Crippen LogP contribution in [0.1, 0.15) is 43.0 Å². The fraction of sp³-hybridized carbons (Fsp3) is 0.600. The molecule has 1 saturated heterocycles. The van der Waals surface area contributed by atoms with Crippen molar-refractivity contribution >= 4 is 0 Å². The second-order valence-corrected chi connectivity index (χ2v) is 6.09. The summed E-state index contributed by atoms with van der Waals surface area (Å²) in [4.78, 5) is 0. The lowest BCUT2D eigenvalue weighted by Crippen LogP contribution is -2.56. The molecule has 1 aliphatic carbocycles. The smallest absolute Gasteiger partial charge is 0.0451 e. The molecule has 0 radical (unpaired) electrons. The molecule has 2 nitrogen and oxygen atoms in total. The van der Waals surface area contributed by atoms with E-state index in [1.54, 1.807) is 11.1 Å². The van der Waals surface area contributed by atoms with Crippen LogP contribution in [0.3, 0.4) is 0 Å². The minimum atomic E-state index is 0.196. The van der Waals surface area contributed by atoms with E-state index in [1.807, 2.05) is 0 Å². The van der Waals surface area contributed by atoms with Gasteiger partial charge in [0, 0.05) is 24.7 Å². The zero-order valence-corrected chi connectivity index (χ0v) is 10.8. The van der Waals surface area contributed by atoms with Crippen molar-refractivity contribution in [1.82, 2.24) is 10.6 Å². The van der Waals surface area contributed by atoms with E-state index in [1.165, 1.54) is 24.8 Å². The number of hydrogen-bond donors (Lipinski definition) is 2. The number of piperazine rings is 1. The Balaban J connectivity index is 1.84. The average molecular weight is 230 g/mol. The molecular weight excluding hydrogens is 208 g/mol. The molecule has 2 N–H and O–H groups in total. The Morgan fingerprint density at radius 3 is 2.82 bits per heavy atom. The van der Waals surface area contributed by atoms with Gasteiger partial charge in [-0.3, -0.25) is 0 Å². The maximum atomic E-state index is 3.74. The van der Waals surface area contributed by atoms with Crippen molar-refractivity contribution in [3.8, 4) is 0 Å². The Labute approximate surface area is 104 Å². The lowest BCUT2D eigenvalue weighted by atomic mass is 9.94. The number of hydrogen-bond acceptors (Lipinski definition) is 2. The van der Waals surface area contributed by atoms with Crippen molar-refractivity contribution in [3.63, 3.8) is 0 Å². The van der Waals surface area contributed by atoms with Crippen molar-refractivity contribution in [2.24, 2.45) is 0 Å². The summed E-state index contributed by atoms with van der Waals surface area (Å²) < 4.78 is 0. The van der Waals surface area contributed by atoms with E-state index < -0.39 is 0 Å². The predicted octanol–water partition coefficient (Wildman–Crippen LogP) is 2.19. The third kappa shape index (κ3) is 2.24. The van der Waals surface area contributed by atoms with Gasteiger partial charge >= 0.3 is 0 Å². The maximum Gasteiger partial charge on any atom is 0.0451 e. The molecule has 3 rings (SSSR count). The Hall–Kier alpha value is -0.860. The number of fused-ring (bicyclic) bond motifs is 1. The van der Waals surface area contributed by atoms with Gasteiger partial charge < -0.3 is 10.6 Å². The first-order chi connectivity index (χ1) is 8.14. The monoisotopic (exact) mass is 230 g/mol. The molecule has 1 aromatic rings. The summed E-state index contributed by atoms with van der Waals surface area (Å²) in [5, 5.41) is 7.27. The van der Waals surface area contributed by atoms with Gasteiger partial charge in [-0.2, -0.15) is 0 Å². The Kier molecular flexibility index (Phi) is 2.72. The van der Waals surface area contributed by atoms with E-state index in [0.29, 0.717) is 6.04 Å². The van der Waals surface area contributed by atoms with Crippen molar-refractivity contribution in [2.75, 3.05) is 13.1 Å². The number of rotatable bonds is 1. The third-order valence-electron chi connectivity index (χ3n) is 4.01. The number of nitrogens with one attached hydrogen (secondary N) is 2. The molecule has 1 aromatic carbocycles. The second kappa shape index (κ2) is 4.11. The molecule has 17 heavy (non-hydrogen) atoms. The molecule has 0 bridgehead atoms. The standard InChI is InChI=1S/C15H22N2/c1-15(2)10-16-9-14(17-15)13-7-6-11-4-3-5-12(11)8-13/h6-8,14,16-17H,3-5,9-10H2,1-2H3. The van der Waals surface area contributed by atoms with Crippen molar-refractivity contribution in [2.45, 2.75) is 44.7 Å². The van der Waals surface area contributed by atoms with Crippen LogP contribution in [0.5, 0.6) is 0 Å². The molecule has 1 unspecified atom stereocenters. The summed E-state index contributed by atoms with van der Waals surface area (Å²) in [5.74, 6) is 0. The SMILES string of the molecule is CC1(C)CNCC(c2ccc3c(c2)CCC3)N1. The molecule has 0 saturated carbocycles. The van der Waals surface area contributed by atoms with Gasteiger partial charge in [0.1, 0.15) is 0 Å². The Bertz CT molecular complexity index is 423. The largest absolute Gasteiger partial charge is 0.313 e. The zero-order chi connectivity index (χ0) is 11.9. The van der Waals surface area contributed by atoms with E-state index >= 15 is 0 Å². The minimum absolute atomic E-state index is 0.196. The lowest BCUT2D eigenvalue weighted by molar-refractivity contribution is 0.264.